The fourth-order valence-corrected chi connectivity index (χ4v) is 5.51. The summed E-state index contributed by atoms with van der Waals surface area (Å²) >= 11 is 1.35. The van der Waals surface area contributed by atoms with Gasteiger partial charge in [-0.3, -0.25) is 4.79 Å². The molecule has 1 aliphatic heterocycles. The van der Waals surface area contributed by atoms with Gasteiger partial charge in [0, 0.05) is 21.7 Å². The average Bonchev–Trinajstić information content (AvgIpc) is 3.21. The summed E-state index contributed by atoms with van der Waals surface area (Å²) < 4.78 is 7.11. The molecule has 168 valence electrons. The highest BCUT2D eigenvalue weighted by Crippen LogP contribution is 2.42. The highest BCUT2D eigenvalue weighted by molar-refractivity contribution is 7.21. The molecule has 0 bridgehead atoms. The Morgan fingerprint density at radius 1 is 1.03 bits per heavy atom. The van der Waals surface area contributed by atoms with E-state index in [1.807, 2.05) is 48.5 Å². The summed E-state index contributed by atoms with van der Waals surface area (Å²) in [5.41, 5.74) is 1.90. The molecule has 0 radical (unpaired) electrons. The summed E-state index contributed by atoms with van der Waals surface area (Å²) in [7, 11) is 0. The van der Waals surface area contributed by atoms with Crippen LogP contribution >= 0.6 is 11.3 Å². The van der Waals surface area contributed by atoms with Crippen LogP contribution in [0.4, 0.5) is 0 Å². The fraction of sp³-hybridized carbons (Fsp3) is 0.250. The van der Waals surface area contributed by atoms with Crippen LogP contribution in [0.2, 0.25) is 0 Å². The molecule has 0 aliphatic carbocycles. The second-order valence-electron chi connectivity index (χ2n) is 8.57. The quantitative estimate of drug-likeness (QED) is 0.303. The standard InChI is InChI=1S/C28H27NO3S/c30-22-13-16-24-25(18-22)33-28(26(31)20-6-2-1-3-7-20)27(24)32-23-14-10-19(11-15-23)9-12-21-8-4-5-17-29-21/h1-3,6-7,10-11,13-16,18,21,29-30H,4-5,8-9,12,17H2. The Balaban J connectivity index is 1.39. The second-order valence-corrected chi connectivity index (χ2v) is 9.62. The van der Waals surface area contributed by atoms with E-state index in [0.29, 0.717) is 28.0 Å². The van der Waals surface area contributed by atoms with Gasteiger partial charge < -0.3 is 15.2 Å². The SMILES string of the molecule is O=C(c1ccccc1)c1sc2cc(O)ccc2c1Oc1ccc(CCC2CCCCN2)cc1. The first-order valence-corrected chi connectivity index (χ1v) is 12.3. The molecule has 5 heteroatoms. The van der Waals surface area contributed by atoms with Gasteiger partial charge in [0.2, 0.25) is 5.78 Å². The van der Waals surface area contributed by atoms with Crippen LogP contribution in [-0.2, 0) is 6.42 Å². The fourth-order valence-electron chi connectivity index (χ4n) is 4.39. The summed E-state index contributed by atoms with van der Waals surface area (Å²) in [6.45, 7) is 1.13. The third-order valence-corrected chi connectivity index (χ3v) is 7.34. The van der Waals surface area contributed by atoms with Gasteiger partial charge in [0.05, 0.1) is 0 Å². The van der Waals surface area contributed by atoms with Gasteiger partial charge in [-0.05, 0) is 68.1 Å². The summed E-state index contributed by atoms with van der Waals surface area (Å²) in [5.74, 6) is 1.33. The van der Waals surface area contributed by atoms with E-state index in [4.69, 9.17) is 4.74 Å². The maximum atomic E-state index is 13.3. The zero-order valence-corrected chi connectivity index (χ0v) is 19.2. The van der Waals surface area contributed by atoms with Crippen LogP contribution in [0, 0.1) is 0 Å². The molecule has 33 heavy (non-hydrogen) atoms. The molecule has 5 rings (SSSR count). The number of piperidine rings is 1. The molecule has 3 aromatic carbocycles. The lowest BCUT2D eigenvalue weighted by molar-refractivity contribution is 0.104. The Bertz CT molecular complexity index is 1240. The van der Waals surface area contributed by atoms with Crippen molar-refractivity contribution in [1.29, 1.82) is 0 Å². The van der Waals surface area contributed by atoms with Crippen molar-refractivity contribution < 1.29 is 14.6 Å². The molecule has 0 amide bonds. The highest BCUT2D eigenvalue weighted by atomic mass is 32.1. The molecule has 4 nitrogen and oxygen atoms in total. The molecular weight excluding hydrogens is 430 g/mol. The van der Waals surface area contributed by atoms with Crippen molar-refractivity contribution in [3.63, 3.8) is 0 Å². The number of aryl methyl sites for hydroxylation is 1. The smallest absolute Gasteiger partial charge is 0.206 e. The van der Waals surface area contributed by atoms with Crippen molar-refractivity contribution in [1.82, 2.24) is 5.32 Å². The van der Waals surface area contributed by atoms with Crippen LogP contribution in [-0.4, -0.2) is 23.5 Å². The molecule has 2 N–H and O–H groups in total. The maximum Gasteiger partial charge on any atom is 0.206 e. The number of ether oxygens (including phenoxy) is 1. The molecular formula is C28H27NO3S. The number of nitrogens with one attached hydrogen (secondary N) is 1. The van der Waals surface area contributed by atoms with Crippen LogP contribution in [0.15, 0.2) is 72.8 Å². The zero-order valence-electron chi connectivity index (χ0n) is 18.4. The molecule has 1 atom stereocenters. The number of fused-ring (bicyclic) bond motifs is 1. The van der Waals surface area contributed by atoms with E-state index in [9.17, 15) is 9.90 Å². The van der Waals surface area contributed by atoms with E-state index >= 15 is 0 Å². The van der Waals surface area contributed by atoms with Crippen molar-refractivity contribution in [2.45, 2.75) is 38.1 Å². The Morgan fingerprint density at radius 2 is 1.85 bits per heavy atom. The summed E-state index contributed by atoms with van der Waals surface area (Å²) in [4.78, 5) is 13.8. The maximum absolute atomic E-state index is 13.3. The molecule has 1 fully saturated rings. The van der Waals surface area contributed by atoms with Gasteiger partial charge in [0.25, 0.3) is 0 Å². The monoisotopic (exact) mass is 457 g/mol. The number of hydrogen-bond acceptors (Lipinski definition) is 5. The molecule has 1 aromatic heterocycles. The van der Waals surface area contributed by atoms with Crippen LogP contribution in [0.5, 0.6) is 17.2 Å². The minimum absolute atomic E-state index is 0.0807. The minimum atomic E-state index is -0.0807. The number of carbonyl (C=O) groups is 1. The van der Waals surface area contributed by atoms with Gasteiger partial charge in [-0.15, -0.1) is 11.3 Å². The molecule has 2 heterocycles. The van der Waals surface area contributed by atoms with Crippen molar-refractivity contribution in [3.05, 3.63) is 88.8 Å². The van der Waals surface area contributed by atoms with Crippen LogP contribution in [0.1, 0.15) is 46.5 Å². The van der Waals surface area contributed by atoms with Crippen LogP contribution in [0.3, 0.4) is 0 Å². The lowest BCUT2D eigenvalue weighted by Gasteiger charge is -2.23. The number of phenols is 1. The molecule has 0 saturated carbocycles. The number of benzene rings is 3. The number of ketones is 1. The van der Waals surface area contributed by atoms with Crippen molar-refractivity contribution >= 4 is 27.2 Å². The Morgan fingerprint density at radius 3 is 2.61 bits per heavy atom. The van der Waals surface area contributed by atoms with E-state index in [-0.39, 0.29) is 11.5 Å². The predicted molar refractivity (Wildman–Crippen MR) is 134 cm³/mol. The van der Waals surface area contributed by atoms with Crippen molar-refractivity contribution in [2.24, 2.45) is 0 Å². The number of hydrogen-bond donors (Lipinski definition) is 2. The van der Waals surface area contributed by atoms with Gasteiger partial charge in [0.1, 0.15) is 16.4 Å². The van der Waals surface area contributed by atoms with Crippen LogP contribution < -0.4 is 10.1 Å². The Labute approximate surface area is 197 Å². The summed E-state index contributed by atoms with van der Waals surface area (Å²) in [5, 5.41) is 14.4. The topological polar surface area (TPSA) is 58.6 Å². The first-order valence-electron chi connectivity index (χ1n) is 11.5. The van der Waals surface area contributed by atoms with Gasteiger partial charge in [-0.1, -0.05) is 48.9 Å². The first kappa shape index (κ1) is 21.7. The average molecular weight is 458 g/mol. The lowest BCUT2D eigenvalue weighted by Crippen LogP contribution is -2.34. The summed E-state index contributed by atoms with van der Waals surface area (Å²) in [6, 6.07) is 23.1. The van der Waals surface area contributed by atoms with Crippen molar-refractivity contribution in [3.8, 4) is 17.2 Å². The van der Waals surface area contributed by atoms with Gasteiger partial charge >= 0.3 is 0 Å². The summed E-state index contributed by atoms with van der Waals surface area (Å²) in [6.07, 6.45) is 6.06. The zero-order chi connectivity index (χ0) is 22.6. The molecule has 1 unspecified atom stereocenters. The lowest BCUT2D eigenvalue weighted by atomic mass is 9.98. The third kappa shape index (κ3) is 4.95. The molecule has 0 spiro atoms. The van der Waals surface area contributed by atoms with E-state index in [1.165, 1.54) is 36.2 Å². The number of thiophene rings is 1. The Hall–Kier alpha value is -3.15. The van der Waals surface area contributed by atoms with Gasteiger partial charge in [-0.25, -0.2) is 0 Å². The van der Waals surface area contributed by atoms with E-state index < -0.39 is 0 Å². The van der Waals surface area contributed by atoms with E-state index in [2.05, 4.69) is 17.4 Å². The third-order valence-electron chi connectivity index (χ3n) is 6.21. The molecule has 1 saturated heterocycles. The normalized spacial score (nSPS) is 16.1. The predicted octanol–water partition coefficient (Wildman–Crippen LogP) is 6.70. The van der Waals surface area contributed by atoms with E-state index in [1.54, 1.807) is 12.1 Å². The van der Waals surface area contributed by atoms with E-state index in [0.717, 1.165) is 29.5 Å². The Kier molecular flexibility index (Phi) is 6.42. The molecule has 4 aromatic rings. The van der Waals surface area contributed by atoms with Gasteiger partial charge in [0.15, 0.2) is 5.75 Å². The second kappa shape index (κ2) is 9.77. The number of phenolic OH excluding ortho intramolecular Hbond substituents is 1. The minimum Gasteiger partial charge on any atom is -0.508 e. The van der Waals surface area contributed by atoms with Gasteiger partial charge in [-0.2, -0.15) is 0 Å². The number of aromatic hydroxyl groups is 1. The highest BCUT2D eigenvalue weighted by Gasteiger charge is 2.22. The first-order chi connectivity index (χ1) is 16.2. The van der Waals surface area contributed by atoms with Crippen LogP contribution in [0.25, 0.3) is 10.1 Å². The van der Waals surface area contributed by atoms with Crippen molar-refractivity contribution in [2.75, 3.05) is 6.54 Å². The molecule has 1 aliphatic rings. The number of rotatable bonds is 7. The number of carbonyl (C=O) groups excluding carboxylic acids is 1. The largest absolute Gasteiger partial charge is 0.508 e.